The highest BCUT2D eigenvalue weighted by atomic mass is 35.5. The number of halogens is 1. The van der Waals surface area contributed by atoms with E-state index < -0.39 is 0 Å². The third-order valence-electron chi connectivity index (χ3n) is 3.36. The van der Waals surface area contributed by atoms with Gasteiger partial charge in [-0.05, 0) is 12.5 Å². The monoisotopic (exact) mass is 298 g/mol. The number of amides is 1. The molecule has 20 heavy (non-hydrogen) atoms. The second kappa shape index (κ2) is 8.95. The van der Waals surface area contributed by atoms with Gasteiger partial charge in [-0.15, -0.1) is 12.4 Å². The number of nitrogens with zero attached hydrogens (tertiary/aromatic N) is 1. The first-order valence-corrected chi connectivity index (χ1v) is 6.93. The van der Waals surface area contributed by atoms with Crippen LogP contribution in [0.1, 0.15) is 18.9 Å². The third kappa shape index (κ3) is 5.12. The summed E-state index contributed by atoms with van der Waals surface area (Å²) in [4.78, 5) is 14.1. The zero-order valence-corrected chi connectivity index (χ0v) is 12.7. The molecule has 0 spiro atoms. The zero-order valence-electron chi connectivity index (χ0n) is 11.9. The standard InChI is InChI=1S/C15H22N2O2.ClH/c1-2-17(12-13-6-4-3-5-7-13)15(18)10-14-11-16-8-9-19-14;/h3-7,14,16H,2,8-12H2,1H3;1H. The summed E-state index contributed by atoms with van der Waals surface area (Å²) >= 11 is 0. The molecule has 5 heteroatoms. The molecule has 1 N–H and O–H groups in total. The first-order chi connectivity index (χ1) is 9.29. The Kier molecular flexibility index (Phi) is 7.59. The summed E-state index contributed by atoms with van der Waals surface area (Å²) in [5.41, 5.74) is 1.17. The van der Waals surface area contributed by atoms with Crippen LogP contribution in [-0.4, -0.2) is 43.2 Å². The number of hydrogen-bond donors (Lipinski definition) is 1. The maximum atomic E-state index is 12.3. The summed E-state index contributed by atoms with van der Waals surface area (Å²) in [6.45, 7) is 5.77. The maximum Gasteiger partial charge on any atom is 0.225 e. The van der Waals surface area contributed by atoms with Crippen LogP contribution in [0.15, 0.2) is 30.3 Å². The minimum atomic E-state index is 0. The number of ether oxygens (including phenoxy) is 1. The topological polar surface area (TPSA) is 41.6 Å². The van der Waals surface area contributed by atoms with Gasteiger partial charge in [-0.2, -0.15) is 0 Å². The molecule has 1 saturated heterocycles. The third-order valence-corrected chi connectivity index (χ3v) is 3.36. The van der Waals surface area contributed by atoms with Crippen molar-refractivity contribution in [2.75, 3.05) is 26.2 Å². The van der Waals surface area contributed by atoms with Gasteiger partial charge in [0.1, 0.15) is 0 Å². The molecule has 1 aromatic rings. The highest BCUT2D eigenvalue weighted by Gasteiger charge is 2.20. The van der Waals surface area contributed by atoms with Crippen LogP contribution in [0.5, 0.6) is 0 Å². The molecule has 0 aromatic heterocycles. The van der Waals surface area contributed by atoms with Crippen LogP contribution in [0, 0.1) is 0 Å². The van der Waals surface area contributed by atoms with Crippen LogP contribution in [0.3, 0.4) is 0 Å². The van der Waals surface area contributed by atoms with Crippen LogP contribution in [0.4, 0.5) is 0 Å². The van der Waals surface area contributed by atoms with Crippen molar-refractivity contribution in [3.05, 3.63) is 35.9 Å². The van der Waals surface area contributed by atoms with Gasteiger partial charge < -0.3 is 15.0 Å². The van der Waals surface area contributed by atoms with E-state index in [-0.39, 0.29) is 24.4 Å². The van der Waals surface area contributed by atoms with E-state index in [0.717, 1.165) is 19.6 Å². The van der Waals surface area contributed by atoms with Gasteiger partial charge in [0.05, 0.1) is 19.1 Å². The van der Waals surface area contributed by atoms with Crippen LogP contribution in [0.25, 0.3) is 0 Å². The summed E-state index contributed by atoms with van der Waals surface area (Å²) in [7, 11) is 0. The number of benzene rings is 1. The van der Waals surface area contributed by atoms with E-state index in [0.29, 0.717) is 19.6 Å². The van der Waals surface area contributed by atoms with Gasteiger partial charge in [0, 0.05) is 26.2 Å². The van der Waals surface area contributed by atoms with Crippen molar-refractivity contribution < 1.29 is 9.53 Å². The van der Waals surface area contributed by atoms with Crippen LogP contribution in [0.2, 0.25) is 0 Å². The Morgan fingerprint density at radius 2 is 2.15 bits per heavy atom. The van der Waals surface area contributed by atoms with Crippen molar-refractivity contribution in [3.63, 3.8) is 0 Å². The van der Waals surface area contributed by atoms with E-state index >= 15 is 0 Å². The van der Waals surface area contributed by atoms with Crippen LogP contribution >= 0.6 is 12.4 Å². The number of nitrogens with one attached hydrogen (secondary N) is 1. The Hall–Kier alpha value is -1.10. The van der Waals surface area contributed by atoms with Gasteiger partial charge in [-0.25, -0.2) is 0 Å². The zero-order chi connectivity index (χ0) is 13.5. The van der Waals surface area contributed by atoms with E-state index in [1.165, 1.54) is 5.56 Å². The van der Waals surface area contributed by atoms with Crippen molar-refractivity contribution >= 4 is 18.3 Å². The van der Waals surface area contributed by atoms with E-state index in [9.17, 15) is 4.79 Å². The Labute approximate surface area is 126 Å². The first-order valence-electron chi connectivity index (χ1n) is 6.93. The smallest absolute Gasteiger partial charge is 0.225 e. The summed E-state index contributed by atoms with van der Waals surface area (Å²) in [6.07, 6.45) is 0.485. The largest absolute Gasteiger partial charge is 0.375 e. The van der Waals surface area contributed by atoms with Gasteiger partial charge >= 0.3 is 0 Å². The molecule has 1 aliphatic rings. The Balaban J connectivity index is 0.00000200. The quantitative estimate of drug-likeness (QED) is 0.902. The van der Waals surface area contributed by atoms with E-state index in [2.05, 4.69) is 17.4 Å². The molecular weight excluding hydrogens is 276 g/mol. The Morgan fingerprint density at radius 3 is 2.75 bits per heavy atom. The summed E-state index contributed by atoms with van der Waals surface area (Å²) in [6, 6.07) is 10.1. The Bertz CT molecular complexity index is 394. The van der Waals surface area contributed by atoms with Crippen molar-refractivity contribution in [2.24, 2.45) is 0 Å². The predicted molar refractivity (Wildman–Crippen MR) is 82.0 cm³/mol. The molecule has 2 rings (SSSR count). The lowest BCUT2D eigenvalue weighted by Gasteiger charge is -2.27. The number of morpholine rings is 1. The summed E-state index contributed by atoms with van der Waals surface area (Å²) in [5, 5.41) is 3.25. The van der Waals surface area contributed by atoms with E-state index in [1.807, 2.05) is 30.0 Å². The van der Waals surface area contributed by atoms with Crippen molar-refractivity contribution in [3.8, 4) is 0 Å². The molecule has 1 aliphatic heterocycles. The lowest BCUT2D eigenvalue weighted by atomic mass is 10.1. The minimum absolute atomic E-state index is 0. The second-order valence-electron chi connectivity index (χ2n) is 4.79. The number of rotatable bonds is 5. The van der Waals surface area contributed by atoms with Crippen molar-refractivity contribution in [1.82, 2.24) is 10.2 Å². The molecule has 1 fully saturated rings. The maximum absolute atomic E-state index is 12.3. The van der Waals surface area contributed by atoms with E-state index in [1.54, 1.807) is 0 Å². The molecule has 0 bridgehead atoms. The van der Waals surface area contributed by atoms with Gasteiger partial charge in [0.2, 0.25) is 5.91 Å². The average molecular weight is 299 g/mol. The molecule has 0 saturated carbocycles. The van der Waals surface area contributed by atoms with Gasteiger partial charge in [-0.1, -0.05) is 30.3 Å². The lowest BCUT2D eigenvalue weighted by Crippen LogP contribution is -2.42. The molecule has 0 radical (unpaired) electrons. The SMILES string of the molecule is CCN(Cc1ccccc1)C(=O)CC1CNCCO1.Cl. The van der Waals surface area contributed by atoms with Crippen molar-refractivity contribution in [2.45, 2.75) is 26.0 Å². The van der Waals surface area contributed by atoms with Gasteiger partial charge in [-0.3, -0.25) is 4.79 Å². The van der Waals surface area contributed by atoms with Crippen LogP contribution in [-0.2, 0) is 16.1 Å². The fourth-order valence-electron chi connectivity index (χ4n) is 2.25. The van der Waals surface area contributed by atoms with Crippen molar-refractivity contribution in [1.29, 1.82) is 0 Å². The summed E-state index contributed by atoms with van der Waals surface area (Å²) in [5.74, 6) is 0.167. The molecule has 1 amide bonds. The highest BCUT2D eigenvalue weighted by molar-refractivity contribution is 5.85. The number of hydrogen-bond acceptors (Lipinski definition) is 3. The normalized spacial score (nSPS) is 18.1. The molecule has 1 unspecified atom stereocenters. The minimum Gasteiger partial charge on any atom is -0.375 e. The Morgan fingerprint density at radius 1 is 1.40 bits per heavy atom. The average Bonchev–Trinajstić information content (AvgIpc) is 2.47. The highest BCUT2D eigenvalue weighted by Crippen LogP contribution is 2.09. The van der Waals surface area contributed by atoms with E-state index in [4.69, 9.17) is 4.74 Å². The molecule has 112 valence electrons. The molecule has 1 aromatic carbocycles. The fraction of sp³-hybridized carbons (Fsp3) is 0.533. The first kappa shape index (κ1) is 17.0. The summed E-state index contributed by atoms with van der Waals surface area (Å²) < 4.78 is 5.58. The van der Waals surface area contributed by atoms with Crippen LogP contribution < -0.4 is 5.32 Å². The van der Waals surface area contributed by atoms with Gasteiger partial charge in [0.15, 0.2) is 0 Å². The number of carbonyl (C=O) groups is 1. The molecule has 4 nitrogen and oxygen atoms in total. The molecule has 1 heterocycles. The molecule has 1 atom stereocenters. The lowest BCUT2D eigenvalue weighted by molar-refractivity contribution is -0.135. The van der Waals surface area contributed by atoms with Gasteiger partial charge in [0.25, 0.3) is 0 Å². The second-order valence-corrected chi connectivity index (χ2v) is 4.79. The fourth-order valence-corrected chi connectivity index (χ4v) is 2.25. The molecular formula is C15H23ClN2O2. The number of carbonyl (C=O) groups excluding carboxylic acids is 1. The molecule has 0 aliphatic carbocycles. The predicted octanol–water partition coefficient (Wildman–Crippen LogP) is 1.84.